The Kier molecular flexibility index (Phi) is 8.29. The summed E-state index contributed by atoms with van der Waals surface area (Å²) in [5.41, 5.74) is 1.13. The van der Waals surface area contributed by atoms with Crippen molar-refractivity contribution in [1.29, 1.82) is 0 Å². The molecule has 28 heavy (non-hydrogen) atoms. The Balaban J connectivity index is 1.78. The van der Waals surface area contributed by atoms with E-state index in [1.165, 1.54) is 0 Å². The fourth-order valence-corrected chi connectivity index (χ4v) is 3.35. The zero-order chi connectivity index (χ0) is 20.5. The van der Waals surface area contributed by atoms with E-state index >= 15 is 0 Å². The summed E-state index contributed by atoms with van der Waals surface area (Å²) in [6.07, 6.45) is 0.00883. The number of benzene rings is 1. The van der Waals surface area contributed by atoms with Crippen molar-refractivity contribution < 1.29 is 19.1 Å². The molecule has 0 spiro atoms. The van der Waals surface area contributed by atoms with Gasteiger partial charge in [-0.3, -0.25) is 9.59 Å². The van der Waals surface area contributed by atoms with Gasteiger partial charge in [0, 0.05) is 32.6 Å². The van der Waals surface area contributed by atoms with E-state index in [4.69, 9.17) is 4.74 Å². The zero-order valence-electron chi connectivity index (χ0n) is 17.0. The predicted molar refractivity (Wildman–Crippen MR) is 107 cm³/mol. The molecule has 0 bridgehead atoms. The van der Waals surface area contributed by atoms with Gasteiger partial charge < -0.3 is 19.9 Å². The highest BCUT2D eigenvalue weighted by atomic mass is 16.6. The van der Waals surface area contributed by atoms with Crippen molar-refractivity contribution in [2.45, 2.75) is 33.1 Å². The number of carbonyl (C=O) groups excluding carboxylic acids is 3. The van der Waals surface area contributed by atoms with Crippen LogP contribution in [0.1, 0.15) is 38.7 Å². The van der Waals surface area contributed by atoms with Crippen molar-refractivity contribution in [1.82, 2.24) is 15.1 Å². The largest absolute Gasteiger partial charge is 0.450 e. The van der Waals surface area contributed by atoms with Gasteiger partial charge in [-0.25, -0.2) is 4.79 Å². The first kappa shape index (κ1) is 21.7. The molecule has 7 heteroatoms. The minimum absolute atomic E-state index is 0.0160. The lowest BCUT2D eigenvalue weighted by atomic mass is 9.85. The second kappa shape index (κ2) is 10.7. The minimum Gasteiger partial charge on any atom is -0.450 e. The summed E-state index contributed by atoms with van der Waals surface area (Å²) in [5.74, 6) is 0.183. The topological polar surface area (TPSA) is 79.0 Å². The van der Waals surface area contributed by atoms with Gasteiger partial charge in [0.15, 0.2) is 0 Å². The first-order valence-electron chi connectivity index (χ1n) is 9.93. The maximum Gasteiger partial charge on any atom is 0.409 e. The molecule has 3 amide bonds. The van der Waals surface area contributed by atoms with Crippen molar-refractivity contribution in [3.63, 3.8) is 0 Å². The molecule has 1 aromatic rings. The number of piperazine rings is 1. The lowest BCUT2D eigenvalue weighted by molar-refractivity contribution is -0.134. The van der Waals surface area contributed by atoms with E-state index < -0.39 is 0 Å². The van der Waals surface area contributed by atoms with Crippen molar-refractivity contribution >= 4 is 17.9 Å². The van der Waals surface area contributed by atoms with E-state index in [1.807, 2.05) is 30.3 Å². The highest BCUT2D eigenvalue weighted by molar-refractivity contribution is 5.85. The molecular formula is C21H31N3O4. The molecule has 1 N–H and O–H groups in total. The number of nitrogens with one attached hydrogen (secondary N) is 1. The van der Waals surface area contributed by atoms with Crippen LogP contribution < -0.4 is 5.32 Å². The van der Waals surface area contributed by atoms with Crippen LogP contribution in [0.25, 0.3) is 0 Å². The Morgan fingerprint density at radius 1 is 1.04 bits per heavy atom. The van der Waals surface area contributed by atoms with Gasteiger partial charge in [0.25, 0.3) is 0 Å². The molecule has 0 saturated carbocycles. The highest BCUT2D eigenvalue weighted by Gasteiger charge is 2.25. The molecule has 1 aliphatic rings. The third kappa shape index (κ3) is 6.25. The number of nitrogens with zero attached hydrogens (tertiary/aromatic N) is 2. The summed E-state index contributed by atoms with van der Waals surface area (Å²) in [5, 5.41) is 2.75. The lowest BCUT2D eigenvalue weighted by Gasteiger charge is -2.34. The van der Waals surface area contributed by atoms with Crippen LogP contribution in [0.5, 0.6) is 0 Å². The number of hydrogen-bond donors (Lipinski definition) is 1. The van der Waals surface area contributed by atoms with Gasteiger partial charge in [-0.1, -0.05) is 44.2 Å². The Morgan fingerprint density at radius 2 is 1.64 bits per heavy atom. The van der Waals surface area contributed by atoms with Crippen LogP contribution in [0.15, 0.2) is 30.3 Å². The lowest BCUT2D eigenvalue weighted by Crippen LogP contribution is -2.52. The third-order valence-corrected chi connectivity index (χ3v) is 5.03. The summed E-state index contributed by atoms with van der Waals surface area (Å²) in [7, 11) is 0. The summed E-state index contributed by atoms with van der Waals surface area (Å²) >= 11 is 0. The maximum atomic E-state index is 12.4. The summed E-state index contributed by atoms with van der Waals surface area (Å²) < 4.78 is 4.98. The van der Waals surface area contributed by atoms with Crippen LogP contribution in [-0.4, -0.2) is 67.0 Å². The maximum absolute atomic E-state index is 12.4. The number of amides is 3. The van der Waals surface area contributed by atoms with Crippen LogP contribution in [-0.2, 0) is 14.3 Å². The van der Waals surface area contributed by atoms with Gasteiger partial charge in [-0.05, 0) is 24.3 Å². The van der Waals surface area contributed by atoms with Gasteiger partial charge in [0.1, 0.15) is 0 Å². The van der Waals surface area contributed by atoms with Gasteiger partial charge >= 0.3 is 6.09 Å². The van der Waals surface area contributed by atoms with Crippen LogP contribution in [0.4, 0.5) is 4.79 Å². The Bertz CT molecular complexity index is 655. The van der Waals surface area contributed by atoms with E-state index in [9.17, 15) is 14.4 Å². The Morgan fingerprint density at radius 3 is 2.21 bits per heavy atom. The van der Waals surface area contributed by atoms with Crippen LogP contribution >= 0.6 is 0 Å². The monoisotopic (exact) mass is 389 g/mol. The van der Waals surface area contributed by atoms with Crippen molar-refractivity contribution in [2.75, 3.05) is 39.3 Å². The molecule has 1 atom stereocenters. The van der Waals surface area contributed by atoms with E-state index in [-0.39, 0.29) is 30.4 Å². The summed E-state index contributed by atoms with van der Waals surface area (Å²) in [4.78, 5) is 39.7. The Hall–Kier alpha value is -2.57. The molecule has 1 aromatic carbocycles. The first-order valence-corrected chi connectivity index (χ1v) is 9.93. The van der Waals surface area contributed by atoms with Crippen molar-refractivity contribution in [3.05, 3.63) is 35.9 Å². The van der Waals surface area contributed by atoms with Crippen molar-refractivity contribution in [3.8, 4) is 0 Å². The van der Waals surface area contributed by atoms with E-state index in [1.54, 1.807) is 16.7 Å². The number of carbonyl (C=O) groups is 3. The van der Waals surface area contributed by atoms with E-state index in [0.29, 0.717) is 45.1 Å². The molecule has 1 unspecified atom stereocenters. The number of hydrogen-bond acceptors (Lipinski definition) is 4. The van der Waals surface area contributed by atoms with Crippen LogP contribution in [0, 0.1) is 5.92 Å². The van der Waals surface area contributed by atoms with Gasteiger partial charge in [-0.15, -0.1) is 0 Å². The second-order valence-electron chi connectivity index (χ2n) is 7.31. The molecular weight excluding hydrogens is 358 g/mol. The number of rotatable bonds is 7. The summed E-state index contributed by atoms with van der Waals surface area (Å²) in [6.45, 7) is 8.07. The molecule has 1 aliphatic heterocycles. The molecule has 0 aliphatic carbocycles. The van der Waals surface area contributed by atoms with Crippen LogP contribution in [0.2, 0.25) is 0 Å². The third-order valence-electron chi connectivity index (χ3n) is 5.03. The smallest absolute Gasteiger partial charge is 0.409 e. The molecule has 7 nitrogen and oxygen atoms in total. The molecule has 154 valence electrons. The van der Waals surface area contributed by atoms with Crippen LogP contribution in [0.3, 0.4) is 0 Å². The zero-order valence-corrected chi connectivity index (χ0v) is 17.0. The molecule has 1 heterocycles. The minimum atomic E-state index is -0.344. The quantitative estimate of drug-likeness (QED) is 0.776. The fourth-order valence-electron chi connectivity index (χ4n) is 3.35. The highest BCUT2D eigenvalue weighted by Crippen LogP contribution is 2.27. The van der Waals surface area contributed by atoms with Crippen molar-refractivity contribution in [2.24, 2.45) is 5.92 Å². The molecule has 1 fully saturated rings. The molecule has 2 rings (SSSR count). The molecule has 1 saturated heterocycles. The van der Waals surface area contributed by atoms with Gasteiger partial charge in [-0.2, -0.15) is 0 Å². The van der Waals surface area contributed by atoms with Gasteiger partial charge in [0.05, 0.1) is 13.2 Å². The second-order valence-corrected chi connectivity index (χ2v) is 7.31. The van der Waals surface area contributed by atoms with E-state index in [0.717, 1.165) is 5.56 Å². The average Bonchev–Trinajstić information content (AvgIpc) is 2.71. The first-order chi connectivity index (χ1) is 13.4. The average molecular weight is 389 g/mol. The van der Waals surface area contributed by atoms with Gasteiger partial charge in [0.2, 0.25) is 11.8 Å². The number of ether oxygens (including phenoxy) is 1. The standard InChI is InChI=1S/C21H31N3O4/c1-4-28-21(27)24-12-10-23(11-13-24)20(26)15-22-19(25)14-18(16(2)3)17-8-6-5-7-9-17/h5-9,16,18H,4,10-15H2,1-3H3,(H,22,25). The Labute approximate surface area is 167 Å². The molecule has 0 radical (unpaired) electrons. The molecule has 0 aromatic heterocycles. The normalized spacial score (nSPS) is 15.3. The summed E-state index contributed by atoms with van der Waals surface area (Å²) in [6, 6.07) is 9.98. The van der Waals surface area contributed by atoms with E-state index in [2.05, 4.69) is 19.2 Å². The predicted octanol–water partition coefficient (Wildman–Crippen LogP) is 2.23. The fraction of sp³-hybridized carbons (Fsp3) is 0.571. The SMILES string of the molecule is CCOC(=O)N1CCN(C(=O)CNC(=O)CC(c2ccccc2)C(C)C)CC1.